The van der Waals surface area contributed by atoms with Crippen LogP contribution in [0.4, 0.5) is 0 Å². The number of esters is 3. The Morgan fingerprint density at radius 1 is 0.571 bits per heavy atom. The fraction of sp³-hybridized carbons (Fsp3) is 0.705. The minimum absolute atomic E-state index is 0.0313. The van der Waals surface area contributed by atoms with E-state index in [0.717, 1.165) is 64.2 Å². The monoisotopic (exact) mass is 779 g/mol. The van der Waals surface area contributed by atoms with Crippen molar-refractivity contribution in [1.29, 1.82) is 5.26 Å². The molecule has 56 heavy (non-hydrogen) atoms. The maximum atomic E-state index is 11.8. The number of carbonyl (C=O) groups excluding carboxylic acids is 3. The molecule has 0 aromatic carbocycles. The number of carboxylic acids is 1. The van der Waals surface area contributed by atoms with Crippen molar-refractivity contribution < 1.29 is 53.8 Å². The predicted molar refractivity (Wildman–Crippen MR) is 205 cm³/mol. The molecule has 12 heteroatoms. The highest BCUT2D eigenvalue weighted by Gasteiger charge is 2.64. The molecule has 8 atom stereocenters. The molecule has 0 spiro atoms. The van der Waals surface area contributed by atoms with Crippen LogP contribution in [0.5, 0.6) is 0 Å². The molecule has 10 rings (SSSR count). The smallest absolute Gasteiger partial charge is 0.333 e. The van der Waals surface area contributed by atoms with Gasteiger partial charge in [-0.1, -0.05) is 26.3 Å². The molecule has 0 amide bonds. The third-order valence-electron chi connectivity index (χ3n) is 13.2. The van der Waals surface area contributed by atoms with Crippen molar-refractivity contribution >= 4 is 23.9 Å². The second kappa shape index (κ2) is 15.9. The summed E-state index contributed by atoms with van der Waals surface area (Å²) >= 11 is 0. The molecule has 10 saturated carbocycles. The van der Waals surface area contributed by atoms with Crippen LogP contribution in [-0.4, -0.2) is 78.4 Å². The number of hydrogen-bond donors (Lipinski definition) is 4. The zero-order chi connectivity index (χ0) is 41.6. The van der Waals surface area contributed by atoms with Crippen LogP contribution < -0.4 is 0 Å². The summed E-state index contributed by atoms with van der Waals surface area (Å²) in [4.78, 5) is 44.4. The molecule has 12 nitrogen and oxygen atoms in total. The molecule has 308 valence electrons. The topological polar surface area (TPSA) is 201 Å². The molecule has 4 N–H and O–H groups in total. The van der Waals surface area contributed by atoms with Gasteiger partial charge in [-0.05, 0) is 128 Å². The minimum atomic E-state index is -0.935. The first-order chi connectivity index (χ1) is 25.9. The van der Waals surface area contributed by atoms with Crippen LogP contribution in [0.15, 0.2) is 48.6 Å². The maximum absolute atomic E-state index is 11.8. The van der Waals surface area contributed by atoms with Crippen molar-refractivity contribution in [2.24, 2.45) is 35.5 Å². The largest absolute Gasteiger partial charge is 0.478 e. The Morgan fingerprint density at radius 3 is 1.41 bits per heavy atom. The lowest BCUT2D eigenvalue weighted by Gasteiger charge is -2.62. The van der Waals surface area contributed by atoms with Crippen molar-refractivity contribution in [2.45, 2.75) is 158 Å². The second-order valence-corrected chi connectivity index (χ2v) is 19.1. The average Bonchev–Trinajstić information content (AvgIpc) is 3.62. The summed E-state index contributed by atoms with van der Waals surface area (Å²) in [5.74, 6) is 0.448. The highest BCUT2D eigenvalue weighted by atomic mass is 16.6. The summed E-state index contributed by atoms with van der Waals surface area (Å²) in [6.07, 6.45) is 11.9. The van der Waals surface area contributed by atoms with Crippen molar-refractivity contribution in [2.75, 3.05) is 0 Å². The van der Waals surface area contributed by atoms with Crippen LogP contribution in [0.2, 0.25) is 0 Å². The van der Waals surface area contributed by atoms with Crippen LogP contribution >= 0.6 is 0 Å². The van der Waals surface area contributed by atoms with Crippen LogP contribution in [-0.2, 0) is 33.4 Å². The van der Waals surface area contributed by atoms with Crippen molar-refractivity contribution in [1.82, 2.24) is 0 Å². The lowest BCUT2D eigenvalue weighted by Crippen LogP contribution is -2.66. The van der Waals surface area contributed by atoms with Gasteiger partial charge in [0.1, 0.15) is 17.3 Å². The Kier molecular flexibility index (Phi) is 12.3. The van der Waals surface area contributed by atoms with Gasteiger partial charge in [0.25, 0.3) is 0 Å². The second-order valence-electron chi connectivity index (χ2n) is 19.1. The van der Waals surface area contributed by atoms with E-state index in [0.29, 0.717) is 66.1 Å². The number of fused-ring (bicyclic) bond motifs is 2. The maximum Gasteiger partial charge on any atom is 0.333 e. The number of aliphatic carboxylic acids is 1. The molecular weight excluding hydrogens is 718 g/mol. The summed E-state index contributed by atoms with van der Waals surface area (Å²) in [5.41, 5.74) is -1.91. The van der Waals surface area contributed by atoms with E-state index in [1.54, 1.807) is 20.8 Å². The number of hydrogen-bond acceptors (Lipinski definition) is 11. The molecule has 0 aromatic heterocycles. The first-order valence-electron chi connectivity index (χ1n) is 20.0. The molecular formula is C44H61NO11. The molecule has 10 aliphatic carbocycles. The number of nitriles is 1. The van der Waals surface area contributed by atoms with Gasteiger partial charge in [-0.25, -0.2) is 19.2 Å². The zero-order valence-corrected chi connectivity index (χ0v) is 33.6. The van der Waals surface area contributed by atoms with Crippen molar-refractivity contribution in [3.8, 4) is 6.07 Å². The van der Waals surface area contributed by atoms with Gasteiger partial charge < -0.3 is 34.6 Å². The lowest BCUT2D eigenvalue weighted by molar-refractivity contribution is -0.260. The van der Waals surface area contributed by atoms with Crippen molar-refractivity contribution in [3.63, 3.8) is 0 Å². The number of aliphatic hydroxyl groups is 3. The Bertz CT molecular complexity index is 1660. The third-order valence-corrected chi connectivity index (χ3v) is 13.2. The molecule has 0 saturated heterocycles. The lowest BCUT2D eigenvalue weighted by atomic mass is 9.50. The minimum Gasteiger partial charge on any atom is -0.478 e. The fourth-order valence-electron chi connectivity index (χ4n) is 11.9. The highest BCUT2D eigenvalue weighted by molar-refractivity contribution is 5.88. The van der Waals surface area contributed by atoms with Gasteiger partial charge in [0.05, 0.1) is 22.9 Å². The summed E-state index contributed by atoms with van der Waals surface area (Å²) in [7, 11) is 0. The Labute approximate surface area is 330 Å². The predicted octanol–water partition coefficient (Wildman–Crippen LogP) is 6.18. The van der Waals surface area contributed by atoms with E-state index in [1.807, 2.05) is 0 Å². The van der Waals surface area contributed by atoms with Crippen LogP contribution in [0.1, 0.15) is 124 Å². The van der Waals surface area contributed by atoms with Gasteiger partial charge in [0.2, 0.25) is 0 Å². The van der Waals surface area contributed by atoms with Gasteiger partial charge in [-0.3, -0.25) is 0 Å². The normalized spacial score (nSPS) is 40.9. The summed E-state index contributed by atoms with van der Waals surface area (Å²) in [6.45, 7) is 20.3. The Hall–Kier alpha value is -3.79. The van der Waals surface area contributed by atoms with Gasteiger partial charge in [-0.2, -0.15) is 5.26 Å². The molecule has 8 unspecified atom stereocenters. The summed E-state index contributed by atoms with van der Waals surface area (Å²) < 4.78 is 16.6. The summed E-state index contributed by atoms with van der Waals surface area (Å²) in [6, 6.07) is 2.33. The van der Waals surface area contributed by atoms with Crippen LogP contribution in [0, 0.1) is 46.8 Å². The standard InChI is InChI=1S/C14H20O4.C14H20O3.C12H15NO2.C4H6O2/c1-9(2)11(15)18-14-5-10-3-12(16,7-14)6-13(17,4-10)8-14;1-9(2)12(15)17-14-6-10-3-11(7-14)5-13(16,4-10)8-14;1-7(2)12(14)15-11-5-8-3-9(11)4-10(8)6-13;1-3(2)4(5)6/h10,16-17H,1,3-8H2,2H3;10-11,16H,1,3-8H2,2H3;8-11H,1,3-5H2,2H3;1H2,2H3,(H,5,6). The van der Waals surface area contributed by atoms with Crippen LogP contribution in [0.3, 0.4) is 0 Å². The van der Waals surface area contributed by atoms with Gasteiger partial charge in [0.15, 0.2) is 0 Å². The van der Waals surface area contributed by atoms with E-state index in [-0.39, 0.29) is 35.5 Å². The average molecular weight is 780 g/mol. The Morgan fingerprint density at radius 2 is 1.02 bits per heavy atom. The first kappa shape index (κ1) is 43.3. The van der Waals surface area contributed by atoms with E-state index in [9.17, 15) is 34.5 Å². The van der Waals surface area contributed by atoms with E-state index >= 15 is 0 Å². The van der Waals surface area contributed by atoms with Gasteiger partial charge in [0, 0.05) is 53.9 Å². The van der Waals surface area contributed by atoms with Crippen molar-refractivity contribution in [3.05, 3.63) is 48.6 Å². The SMILES string of the molecule is C=C(C)C(=O)O.C=C(C)C(=O)OC12CC3CC(CC(O)(C3)C1)C2.C=C(C)C(=O)OC12CC3CC(O)(CC(O)(C3)C1)C2.C=C(C)C(=O)OC1CC2CC1CC2C#N. The summed E-state index contributed by atoms with van der Waals surface area (Å²) in [5, 5.41) is 48.3. The number of rotatable bonds is 7. The molecule has 10 bridgehead atoms. The molecule has 10 aliphatic rings. The number of nitrogens with zero attached hydrogens (tertiary/aromatic N) is 1. The van der Waals surface area contributed by atoms with E-state index in [4.69, 9.17) is 24.6 Å². The molecule has 0 aliphatic heterocycles. The van der Waals surface area contributed by atoms with E-state index in [1.165, 1.54) is 13.3 Å². The fourth-order valence-corrected chi connectivity index (χ4v) is 11.9. The molecule has 0 radical (unpaired) electrons. The highest BCUT2D eigenvalue weighted by Crippen LogP contribution is 2.61. The quantitative estimate of drug-likeness (QED) is 0.130. The Balaban J connectivity index is 0.000000150. The van der Waals surface area contributed by atoms with E-state index < -0.39 is 39.9 Å². The van der Waals surface area contributed by atoms with E-state index in [2.05, 4.69) is 32.4 Å². The number of carboxylic acid groups (broad SMARTS) is 1. The molecule has 0 heterocycles. The third kappa shape index (κ3) is 9.83. The number of ether oxygens (including phenoxy) is 3. The zero-order valence-electron chi connectivity index (χ0n) is 33.6. The molecule has 0 aromatic rings. The van der Waals surface area contributed by atoms with Crippen LogP contribution in [0.25, 0.3) is 0 Å². The van der Waals surface area contributed by atoms with Gasteiger partial charge in [-0.15, -0.1) is 0 Å². The number of carbonyl (C=O) groups is 4. The van der Waals surface area contributed by atoms with Gasteiger partial charge >= 0.3 is 23.9 Å². The molecule has 10 fully saturated rings. The first-order valence-corrected chi connectivity index (χ1v) is 20.0.